The van der Waals surface area contributed by atoms with Gasteiger partial charge < -0.3 is 5.32 Å². The summed E-state index contributed by atoms with van der Waals surface area (Å²) in [6.07, 6.45) is 3.02. The van der Waals surface area contributed by atoms with Crippen molar-refractivity contribution in [3.8, 4) is 0 Å². The molecule has 1 heterocycles. The number of carbonyl (C=O) groups is 1. The first-order chi connectivity index (χ1) is 8.05. The molecule has 1 aromatic heterocycles. The molecule has 0 aliphatic rings. The van der Waals surface area contributed by atoms with E-state index in [2.05, 4.69) is 21.6 Å². The zero-order valence-corrected chi connectivity index (χ0v) is 9.90. The molecule has 2 N–H and O–H groups in total. The summed E-state index contributed by atoms with van der Waals surface area (Å²) in [6, 6.07) is 3.15. The topological polar surface area (TPSA) is 88.2 Å². The molecule has 17 heavy (non-hydrogen) atoms. The van der Waals surface area contributed by atoms with Crippen LogP contribution < -0.4 is 10.0 Å². The minimum Gasteiger partial charge on any atom is -0.351 e. The molecule has 0 saturated carbocycles. The van der Waals surface area contributed by atoms with E-state index >= 15 is 0 Å². The molecule has 1 amide bonds. The Hall–Kier alpha value is -1.73. The number of aromatic nitrogens is 1. The average Bonchev–Trinajstić information content (AvgIpc) is 2.35. The van der Waals surface area contributed by atoms with E-state index < -0.39 is 10.0 Å². The lowest BCUT2D eigenvalue weighted by atomic mass is 10.2. The van der Waals surface area contributed by atoms with Crippen LogP contribution in [0.25, 0.3) is 0 Å². The Morgan fingerprint density at radius 2 is 2.00 bits per heavy atom. The largest absolute Gasteiger partial charge is 0.351 e. The van der Waals surface area contributed by atoms with Crippen molar-refractivity contribution >= 4 is 15.9 Å². The van der Waals surface area contributed by atoms with Crippen LogP contribution in [0.5, 0.6) is 0 Å². The normalized spacial score (nSPS) is 10.8. The van der Waals surface area contributed by atoms with Crippen molar-refractivity contribution in [3.63, 3.8) is 0 Å². The second-order valence-corrected chi connectivity index (χ2v) is 4.81. The number of pyridine rings is 1. The van der Waals surface area contributed by atoms with E-state index in [1.165, 1.54) is 12.4 Å². The molecule has 0 aromatic carbocycles. The maximum atomic E-state index is 11.5. The van der Waals surface area contributed by atoms with Crippen molar-refractivity contribution in [1.29, 1.82) is 0 Å². The molecule has 6 nitrogen and oxygen atoms in total. The van der Waals surface area contributed by atoms with E-state index in [9.17, 15) is 13.2 Å². The van der Waals surface area contributed by atoms with Crippen molar-refractivity contribution in [3.05, 3.63) is 42.1 Å². The van der Waals surface area contributed by atoms with Gasteiger partial charge in [-0.1, -0.05) is 6.58 Å². The first-order valence-corrected chi connectivity index (χ1v) is 6.40. The molecule has 0 unspecified atom stereocenters. The molecule has 0 spiro atoms. The Bertz CT molecular complexity index is 485. The van der Waals surface area contributed by atoms with Crippen LogP contribution in [-0.4, -0.2) is 32.4 Å². The fourth-order valence-corrected chi connectivity index (χ4v) is 1.54. The third kappa shape index (κ3) is 4.75. The van der Waals surface area contributed by atoms with E-state index in [1.807, 2.05) is 0 Å². The predicted molar refractivity (Wildman–Crippen MR) is 63.7 cm³/mol. The van der Waals surface area contributed by atoms with Crippen LogP contribution in [0.2, 0.25) is 0 Å². The highest BCUT2D eigenvalue weighted by atomic mass is 32.2. The molecule has 7 heteroatoms. The van der Waals surface area contributed by atoms with Gasteiger partial charge in [-0.3, -0.25) is 9.78 Å². The number of amides is 1. The van der Waals surface area contributed by atoms with Gasteiger partial charge in [-0.05, 0) is 12.1 Å². The molecular weight excluding hydrogens is 242 g/mol. The summed E-state index contributed by atoms with van der Waals surface area (Å²) in [5, 5.41) is 3.38. The van der Waals surface area contributed by atoms with Gasteiger partial charge in [-0.2, -0.15) is 0 Å². The maximum absolute atomic E-state index is 11.5. The summed E-state index contributed by atoms with van der Waals surface area (Å²) in [5.74, 6) is -0.273. The average molecular weight is 255 g/mol. The third-order valence-corrected chi connectivity index (χ3v) is 2.92. The van der Waals surface area contributed by atoms with Gasteiger partial charge in [0.2, 0.25) is 10.0 Å². The summed E-state index contributed by atoms with van der Waals surface area (Å²) in [6.45, 7) is 3.47. The summed E-state index contributed by atoms with van der Waals surface area (Å²) in [7, 11) is -3.43. The lowest BCUT2D eigenvalue weighted by Gasteiger charge is -2.05. The molecule has 1 aromatic rings. The van der Waals surface area contributed by atoms with Crippen molar-refractivity contribution in [1.82, 2.24) is 15.0 Å². The molecule has 0 bridgehead atoms. The molecular formula is C10H13N3O3S. The Morgan fingerprint density at radius 1 is 1.35 bits per heavy atom. The van der Waals surface area contributed by atoms with Gasteiger partial charge in [0.15, 0.2) is 0 Å². The van der Waals surface area contributed by atoms with Crippen molar-refractivity contribution in [2.75, 3.05) is 13.1 Å². The second-order valence-electron chi connectivity index (χ2n) is 3.10. The van der Waals surface area contributed by atoms with Crippen LogP contribution in [0.4, 0.5) is 0 Å². The predicted octanol–water partition coefficient (Wildman–Crippen LogP) is -0.126. The Kier molecular flexibility index (Phi) is 4.80. The van der Waals surface area contributed by atoms with Crippen molar-refractivity contribution < 1.29 is 13.2 Å². The first kappa shape index (κ1) is 13.3. The number of carbonyl (C=O) groups excluding carboxylic acids is 1. The monoisotopic (exact) mass is 255 g/mol. The minimum atomic E-state index is -3.43. The number of sulfonamides is 1. The standard InChI is InChI=1S/C10H13N3O3S/c1-2-17(15,16)13-8-7-12-10(14)9-3-5-11-6-4-9/h2-6,13H,1,7-8H2,(H,12,14). The molecule has 0 aliphatic carbocycles. The molecule has 0 fully saturated rings. The Balaban J connectivity index is 2.33. The summed E-state index contributed by atoms with van der Waals surface area (Å²) < 4.78 is 24.2. The molecule has 0 saturated heterocycles. The molecule has 0 radical (unpaired) electrons. The van der Waals surface area contributed by atoms with E-state index in [1.54, 1.807) is 12.1 Å². The zero-order valence-electron chi connectivity index (χ0n) is 9.09. The molecule has 92 valence electrons. The second kappa shape index (κ2) is 6.12. The lowest BCUT2D eigenvalue weighted by molar-refractivity contribution is 0.0954. The summed E-state index contributed by atoms with van der Waals surface area (Å²) in [5.41, 5.74) is 0.478. The fraction of sp³-hybridized carbons (Fsp3) is 0.200. The van der Waals surface area contributed by atoms with Gasteiger partial charge in [-0.15, -0.1) is 0 Å². The van der Waals surface area contributed by atoms with E-state index in [-0.39, 0.29) is 19.0 Å². The number of hydrogen-bond acceptors (Lipinski definition) is 4. The lowest BCUT2D eigenvalue weighted by Crippen LogP contribution is -2.33. The first-order valence-electron chi connectivity index (χ1n) is 4.85. The van der Waals surface area contributed by atoms with Gasteiger partial charge in [0.05, 0.1) is 0 Å². The van der Waals surface area contributed by atoms with Gasteiger partial charge in [0, 0.05) is 36.5 Å². The van der Waals surface area contributed by atoms with Crippen LogP contribution in [0.15, 0.2) is 36.5 Å². The van der Waals surface area contributed by atoms with Gasteiger partial charge in [-0.25, -0.2) is 13.1 Å². The molecule has 0 aliphatic heterocycles. The highest BCUT2D eigenvalue weighted by Gasteiger charge is 2.05. The van der Waals surface area contributed by atoms with Gasteiger partial charge >= 0.3 is 0 Å². The Morgan fingerprint density at radius 3 is 2.59 bits per heavy atom. The smallest absolute Gasteiger partial charge is 0.251 e. The maximum Gasteiger partial charge on any atom is 0.251 e. The fourth-order valence-electron chi connectivity index (χ4n) is 1.03. The third-order valence-electron chi connectivity index (χ3n) is 1.88. The van der Waals surface area contributed by atoms with Gasteiger partial charge in [0.1, 0.15) is 0 Å². The molecule has 0 atom stereocenters. The Labute approximate surface area is 99.8 Å². The van der Waals surface area contributed by atoms with Crippen LogP contribution in [0, 0.1) is 0 Å². The van der Waals surface area contributed by atoms with Crippen molar-refractivity contribution in [2.45, 2.75) is 0 Å². The van der Waals surface area contributed by atoms with Crippen LogP contribution in [-0.2, 0) is 10.0 Å². The highest BCUT2D eigenvalue weighted by molar-refractivity contribution is 7.92. The quantitative estimate of drug-likeness (QED) is 0.693. The zero-order chi connectivity index (χ0) is 12.7. The van der Waals surface area contributed by atoms with E-state index in [0.717, 1.165) is 5.41 Å². The number of hydrogen-bond donors (Lipinski definition) is 2. The molecule has 1 rings (SSSR count). The highest BCUT2D eigenvalue weighted by Crippen LogP contribution is 1.94. The minimum absolute atomic E-state index is 0.116. The van der Waals surface area contributed by atoms with Crippen LogP contribution in [0.1, 0.15) is 10.4 Å². The van der Waals surface area contributed by atoms with E-state index in [0.29, 0.717) is 5.56 Å². The van der Waals surface area contributed by atoms with Crippen molar-refractivity contribution in [2.24, 2.45) is 0 Å². The summed E-state index contributed by atoms with van der Waals surface area (Å²) >= 11 is 0. The summed E-state index contributed by atoms with van der Waals surface area (Å²) in [4.78, 5) is 15.3. The van der Waals surface area contributed by atoms with Crippen LogP contribution >= 0.6 is 0 Å². The van der Waals surface area contributed by atoms with Gasteiger partial charge in [0.25, 0.3) is 5.91 Å². The SMILES string of the molecule is C=CS(=O)(=O)NCCNC(=O)c1ccncc1. The number of nitrogens with zero attached hydrogens (tertiary/aromatic N) is 1. The number of nitrogens with one attached hydrogen (secondary N) is 2. The van der Waals surface area contributed by atoms with Crippen LogP contribution in [0.3, 0.4) is 0 Å². The number of rotatable bonds is 6. The van der Waals surface area contributed by atoms with E-state index in [4.69, 9.17) is 0 Å².